The summed E-state index contributed by atoms with van der Waals surface area (Å²) >= 11 is 0. The molecule has 3 nitrogen and oxygen atoms in total. The molecule has 0 radical (unpaired) electrons. The highest BCUT2D eigenvalue weighted by atomic mass is 16.8. The van der Waals surface area contributed by atoms with Gasteiger partial charge in [0.15, 0.2) is 0 Å². The first-order chi connectivity index (χ1) is 3.39. The summed E-state index contributed by atoms with van der Waals surface area (Å²) < 4.78 is 9.00. The maximum absolute atomic E-state index is 10.1. The molecule has 0 unspecified atom stereocenters. The Morgan fingerprint density at radius 2 is 1.86 bits per heavy atom. The fourth-order valence-electron chi connectivity index (χ4n) is 0.466. The molecule has 7 heavy (non-hydrogen) atoms. The van der Waals surface area contributed by atoms with Gasteiger partial charge in [-0.05, 0) is 6.42 Å². The molecule has 0 spiro atoms. The van der Waals surface area contributed by atoms with Crippen LogP contribution < -0.4 is 5.11 Å². The van der Waals surface area contributed by atoms with Crippen LogP contribution in [0.25, 0.3) is 0 Å². The van der Waals surface area contributed by atoms with E-state index in [-0.39, 0.29) is 0 Å². The molecule has 1 saturated heterocycles. The Morgan fingerprint density at radius 1 is 1.29 bits per heavy atom. The third-order valence-electron chi connectivity index (χ3n) is 0.797. The first-order valence-electron chi connectivity index (χ1n) is 2.28. The van der Waals surface area contributed by atoms with E-state index >= 15 is 0 Å². The smallest absolute Gasteiger partial charge is 0.0867 e. The zero-order chi connectivity index (χ0) is 5.11. The van der Waals surface area contributed by atoms with Crippen LogP contribution in [0.2, 0.25) is 0 Å². The first kappa shape index (κ1) is 5.03. The normalized spacial score (nSPS) is 25.3. The van der Waals surface area contributed by atoms with E-state index in [0.29, 0.717) is 13.2 Å². The molecule has 0 aromatic rings. The predicted molar refractivity (Wildman–Crippen MR) is 20.3 cm³/mol. The van der Waals surface area contributed by atoms with Crippen LogP contribution in [0.3, 0.4) is 0 Å². The van der Waals surface area contributed by atoms with Crippen molar-refractivity contribution in [3.8, 4) is 0 Å². The minimum absolute atomic E-state index is 0.550. The minimum atomic E-state index is -1.21. The van der Waals surface area contributed by atoms with Crippen molar-refractivity contribution in [2.24, 2.45) is 0 Å². The van der Waals surface area contributed by atoms with Crippen molar-refractivity contribution in [2.75, 3.05) is 13.2 Å². The Hall–Kier alpha value is -0.120. The van der Waals surface area contributed by atoms with Gasteiger partial charge in [0.05, 0.1) is 19.7 Å². The molecule has 1 heterocycles. The van der Waals surface area contributed by atoms with Crippen LogP contribution in [0.5, 0.6) is 0 Å². The largest absolute Gasteiger partial charge is 0.809 e. The Balaban J connectivity index is 2.12. The molecule has 0 aromatic carbocycles. The topological polar surface area (TPSA) is 41.5 Å². The van der Waals surface area contributed by atoms with E-state index in [0.717, 1.165) is 6.42 Å². The quantitative estimate of drug-likeness (QED) is 0.397. The molecule has 0 aromatic heterocycles. The molecule has 0 bridgehead atoms. The van der Waals surface area contributed by atoms with Gasteiger partial charge in [-0.25, -0.2) is 0 Å². The van der Waals surface area contributed by atoms with Crippen molar-refractivity contribution in [3.63, 3.8) is 0 Å². The fraction of sp³-hybridized carbons (Fsp3) is 1.00. The van der Waals surface area contributed by atoms with Crippen LogP contribution in [0.15, 0.2) is 0 Å². The lowest BCUT2D eigenvalue weighted by Gasteiger charge is -2.26. The second-order valence-corrected chi connectivity index (χ2v) is 1.38. The average Bonchev–Trinajstić information content (AvgIpc) is 1.69. The monoisotopic (exact) mass is 103 g/mol. The summed E-state index contributed by atoms with van der Waals surface area (Å²) in [6.07, 6.45) is 0.846. The van der Waals surface area contributed by atoms with E-state index in [1.165, 1.54) is 0 Å². The lowest BCUT2D eigenvalue weighted by atomic mass is 10.5. The maximum Gasteiger partial charge on any atom is 0.0867 e. The second-order valence-electron chi connectivity index (χ2n) is 1.38. The minimum Gasteiger partial charge on any atom is -0.809 e. The molecule has 1 aliphatic heterocycles. The Kier molecular flexibility index (Phi) is 1.62. The molecule has 0 amide bonds. The summed E-state index contributed by atoms with van der Waals surface area (Å²) in [7, 11) is 0. The Bertz CT molecular complexity index is 48.9. The van der Waals surface area contributed by atoms with Crippen LogP contribution in [-0.2, 0) is 9.47 Å². The molecule has 0 aliphatic carbocycles. The van der Waals surface area contributed by atoms with E-state index in [1.54, 1.807) is 0 Å². The molecule has 0 N–H and O–H groups in total. The highest BCUT2D eigenvalue weighted by molar-refractivity contribution is 4.37. The molecule has 0 atom stereocenters. The van der Waals surface area contributed by atoms with E-state index < -0.39 is 6.48 Å². The summed E-state index contributed by atoms with van der Waals surface area (Å²) in [6, 6.07) is 0. The van der Waals surface area contributed by atoms with E-state index in [2.05, 4.69) is 9.47 Å². The van der Waals surface area contributed by atoms with Crippen LogP contribution in [0.1, 0.15) is 6.42 Å². The molecule has 1 aliphatic rings. The highest BCUT2D eigenvalue weighted by Gasteiger charge is 1.99. The van der Waals surface area contributed by atoms with Crippen molar-refractivity contribution in [1.29, 1.82) is 0 Å². The lowest BCUT2D eigenvalue weighted by molar-refractivity contribution is -0.572. The van der Waals surface area contributed by atoms with Gasteiger partial charge in [-0.15, -0.1) is 0 Å². The average molecular weight is 103 g/mol. The van der Waals surface area contributed by atoms with Gasteiger partial charge in [-0.3, -0.25) is 0 Å². The summed E-state index contributed by atoms with van der Waals surface area (Å²) in [6.45, 7) is -0.115. The van der Waals surface area contributed by atoms with E-state index in [1.807, 2.05) is 0 Å². The lowest BCUT2D eigenvalue weighted by Crippen LogP contribution is -2.35. The summed E-state index contributed by atoms with van der Waals surface area (Å²) in [5.74, 6) is 0. The zero-order valence-corrected chi connectivity index (χ0v) is 3.92. The van der Waals surface area contributed by atoms with Crippen LogP contribution >= 0.6 is 0 Å². The van der Waals surface area contributed by atoms with E-state index in [4.69, 9.17) is 0 Å². The maximum atomic E-state index is 10.1. The summed E-state index contributed by atoms with van der Waals surface area (Å²) in [4.78, 5) is 0. The van der Waals surface area contributed by atoms with Crippen molar-refractivity contribution in [2.45, 2.75) is 12.9 Å². The van der Waals surface area contributed by atoms with Crippen LogP contribution in [-0.4, -0.2) is 19.7 Å². The van der Waals surface area contributed by atoms with Gasteiger partial charge >= 0.3 is 0 Å². The molecule has 42 valence electrons. The zero-order valence-electron chi connectivity index (χ0n) is 3.92. The second kappa shape index (κ2) is 2.26. The van der Waals surface area contributed by atoms with Crippen molar-refractivity contribution < 1.29 is 14.6 Å². The first-order valence-corrected chi connectivity index (χ1v) is 2.28. The van der Waals surface area contributed by atoms with Crippen molar-refractivity contribution in [3.05, 3.63) is 0 Å². The number of hydrogen-bond acceptors (Lipinski definition) is 3. The third kappa shape index (κ3) is 1.43. The molecule has 3 heteroatoms. The fourth-order valence-corrected chi connectivity index (χ4v) is 0.466. The standard InChI is InChI=1S/C4H7O3/c5-4-6-2-1-3-7-4/h4H,1-3H2/q-1. The SMILES string of the molecule is [O-]C1OCCCO1. The van der Waals surface area contributed by atoms with Gasteiger partial charge in [0.1, 0.15) is 0 Å². The van der Waals surface area contributed by atoms with Gasteiger partial charge in [0, 0.05) is 0 Å². The molecule has 1 rings (SSSR count). The van der Waals surface area contributed by atoms with Crippen molar-refractivity contribution >= 4 is 0 Å². The van der Waals surface area contributed by atoms with Gasteiger partial charge in [0.2, 0.25) is 0 Å². The van der Waals surface area contributed by atoms with Gasteiger partial charge in [-0.2, -0.15) is 0 Å². The number of hydrogen-bond donors (Lipinski definition) is 0. The van der Waals surface area contributed by atoms with Crippen LogP contribution in [0.4, 0.5) is 0 Å². The predicted octanol–water partition coefficient (Wildman–Crippen LogP) is -0.933. The Labute approximate surface area is 41.8 Å². The summed E-state index contributed by atoms with van der Waals surface area (Å²) in [5.41, 5.74) is 0. The van der Waals surface area contributed by atoms with Crippen molar-refractivity contribution in [1.82, 2.24) is 0 Å². The van der Waals surface area contributed by atoms with E-state index in [9.17, 15) is 5.11 Å². The molecule has 1 fully saturated rings. The highest BCUT2D eigenvalue weighted by Crippen LogP contribution is 1.96. The van der Waals surface area contributed by atoms with Gasteiger partial charge in [-0.1, -0.05) is 0 Å². The third-order valence-corrected chi connectivity index (χ3v) is 0.797. The summed E-state index contributed by atoms with van der Waals surface area (Å²) in [5, 5.41) is 10.1. The molecular weight excluding hydrogens is 96.0 g/mol. The van der Waals surface area contributed by atoms with Gasteiger partial charge in [0.25, 0.3) is 0 Å². The number of ether oxygens (including phenoxy) is 2. The van der Waals surface area contributed by atoms with Gasteiger partial charge < -0.3 is 14.6 Å². The van der Waals surface area contributed by atoms with Crippen LogP contribution in [0, 0.1) is 0 Å². The molecule has 0 saturated carbocycles. The number of rotatable bonds is 0. The molecular formula is C4H7O3-. The Morgan fingerprint density at radius 3 is 2.14 bits per heavy atom.